The summed E-state index contributed by atoms with van der Waals surface area (Å²) in [5.41, 5.74) is 1.29. The second-order valence-electron chi connectivity index (χ2n) is 6.08. The highest BCUT2D eigenvalue weighted by atomic mass is 19.4. The fourth-order valence-electron chi connectivity index (χ4n) is 2.82. The van der Waals surface area contributed by atoms with E-state index in [1.165, 1.54) is 19.2 Å². The summed E-state index contributed by atoms with van der Waals surface area (Å²) in [5, 5.41) is 6.29. The van der Waals surface area contributed by atoms with Crippen LogP contribution in [0.2, 0.25) is 0 Å². The van der Waals surface area contributed by atoms with E-state index >= 15 is 0 Å². The molecule has 1 N–H and O–H groups in total. The molecule has 29 heavy (non-hydrogen) atoms. The number of alkyl halides is 3. The molecule has 0 spiro atoms. The van der Waals surface area contributed by atoms with Gasteiger partial charge in [-0.25, -0.2) is 0 Å². The highest BCUT2D eigenvalue weighted by molar-refractivity contribution is 6.07. The summed E-state index contributed by atoms with van der Waals surface area (Å²) < 4.78 is 39.7. The molecular formula is C22H17F3N2O2. The molecule has 0 fully saturated rings. The number of benzene rings is 3. The Bertz CT molecular complexity index is 1030. The van der Waals surface area contributed by atoms with E-state index in [0.29, 0.717) is 11.3 Å². The summed E-state index contributed by atoms with van der Waals surface area (Å²) in [6.45, 7) is 0. The monoisotopic (exact) mass is 398 g/mol. The Balaban J connectivity index is 1.91. The summed E-state index contributed by atoms with van der Waals surface area (Å²) in [6.07, 6.45) is -3.07. The number of para-hydroxylation sites is 1. The number of oxime groups is 1. The highest BCUT2D eigenvalue weighted by Crippen LogP contribution is 2.33. The first kappa shape index (κ1) is 20.1. The Labute approximate surface area is 165 Å². The van der Waals surface area contributed by atoms with Crippen LogP contribution >= 0.6 is 0 Å². The van der Waals surface area contributed by atoms with E-state index in [4.69, 9.17) is 0 Å². The molecule has 0 aliphatic heterocycles. The van der Waals surface area contributed by atoms with Crippen molar-refractivity contribution in [3.05, 3.63) is 89.5 Å². The Morgan fingerprint density at radius 1 is 0.966 bits per heavy atom. The van der Waals surface area contributed by atoms with Gasteiger partial charge in [0.2, 0.25) is 0 Å². The summed E-state index contributed by atoms with van der Waals surface area (Å²) in [4.78, 5) is 17.2. The van der Waals surface area contributed by atoms with E-state index < -0.39 is 23.2 Å². The summed E-state index contributed by atoms with van der Waals surface area (Å²) >= 11 is 0. The average Bonchev–Trinajstić information content (AvgIpc) is 2.72. The van der Waals surface area contributed by atoms with E-state index in [1.807, 2.05) is 24.3 Å². The van der Waals surface area contributed by atoms with Gasteiger partial charge in [0.05, 0.1) is 17.3 Å². The standard InChI is InChI=1S/C22H17F3N2O2/c1-29-26-14-15-10-12-16(13-11-15)17-6-3-5-9-20(17)27-21(28)18-7-2-4-8-19(18)22(23,24)25/h2-14H,1H3,(H,27,28)/b26-14+. The van der Waals surface area contributed by atoms with Crippen molar-refractivity contribution in [3.63, 3.8) is 0 Å². The number of carbonyl (C=O) groups excluding carboxylic acids is 1. The first-order valence-corrected chi connectivity index (χ1v) is 8.63. The van der Waals surface area contributed by atoms with Gasteiger partial charge in [0.15, 0.2) is 0 Å². The summed E-state index contributed by atoms with van der Waals surface area (Å²) in [7, 11) is 1.45. The number of nitrogens with zero attached hydrogens (tertiary/aromatic N) is 1. The maximum absolute atomic E-state index is 13.2. The number of nitrogens with one attached hydrogen (secondary N) is 1. The van der Waals surface area contributed by atoms with Gasteiger partial charge in [-0.2, -0.15) is 13.2 Å². The molecule has 3 rings (SSSR count). The van der Waals surface area contributed by atoms with Crippen molar-refractivity contribution in [2.45, 2.75) is 6.18 Å². The number of hydrogen-bond acceptors (Lipinski definition) is 3. The van der Waals surface area contributed by atoms with Crippen LogP contribution in [0.15, 0.2) is 78.0 Å². The van der Waals surface area contributed by atoms with Gasteiger partial charge in [-0.15, -0.1) is 0 Å². The van der Waals surface area contributed by atoms with Crippen LogP contribution in [-0.2, 0) is 11.0 Å². The van der Waals surface area contributed by atoms with Crippen LogP contribution in [0.3, 0.4) is 0 Å². The van der Waals surface area contributed by atoms with E-state index in [0.717, 1.165) is 23.3 Å². The zero-order valence-electron chi connectivity index (χ0n) is 15.4. The lowest BCUT2D eigenvalue weighted by atomic mass is 10.0. The summed E-state index contributed by atoms with van der Waals surface area (Å²) in [6, 6.07) is 18.9. The van der Waals surface area contributed by atoms with Crippen molar-refractivity contribution < 1.29 is 22.8 Å². The fourth-order valence-corrected chi connectivity index (χ4v) is 2.82. The number of carbonyl (C=O) groups is 1. The third-order valence-corrected chi connectivity index (χ3v) is 4.18. The molecule has 1 amide bonds. The molecule has 0 aliphatic rings. The number of anilines is 1. The van der Waals surface area contributed by atoms with E-state index in [2.05, 4.69) is 15.3 Å². The predicted molar refractivity (Wildman–Crippen MR) is 106 cm³/mol. The van der Waals surface area contributed by atoms with E-state index in [9.17, 15) is 18.0 Å². The largest absolute Gasteiger partial charge is 0.417 e. The van der Waals surface area contributed by atoms with Crippen molar-refractivity contribution in [1.29, 1.82) is 0 Å². The van der Waals surface area contributed by atoms with Crippen LogP contribution in [0.25, 0.3) is 11.1 Å². The molecular weight excluding hydrogens is 381 g/mol. The molecule has 148 valence electrons. The first-order valence-electron chi connectivity index (χ1n) is 8.63. The second-order valence-corrected chi connectivity index (χ2v) is 6.08. The van der Waals surface area contributed by atoms with Crippen LogP contribution in [0, 0.1) is 0 Å². The Kier molecular flexibility index (Phi) is 5.97. The number of rotatable bonds is 5. The molecule has 0 aromatic heterocycles. The molecule has 3 aromatic carbocycles. The zero-order valence-corrected chi connectivity index (χ0v) is 15.4. The SMILES string of the molecule is CO/N=C/c1ccc(-c2ccccc2NC(=O)c2ccccc2C(F)(F)F)cc1. The first-order chi connectivity index (χ1) is 13.9. The normalized spacial score (nSPS) is 11.4. The topological polar surface area (TPSA) is 50.7 Å². The molecule has 7 heteroatoms. The molecule has 0 heterocycles. The highest BCUT2D eigenvalue weighted by Gasteiger charge is 2.34. The van der Waals surface area contributed by atoms with Gasteiger partial charge < -0.3 is 10.2 Å². The molecule has 0 radical (unpaired) electrons. The lowest BCUT2D eigenvalue weighted by Gasteiger charge is -2.15. The number of halogens is 3. The molecule has 0 unspecified atom stereocenters. The molecule has 3 aromatic rings. The maximum Gasteiger partial charge on any atom is 0.417 e. The molecule has 0 aliphatic carbocycles. The lowest BCUT2D eigenvalue weighted by molar-refractivity contribution is -0.137. The quantitative estimate of drug-likeness (QED) is 0.449. The van der Waals surface area contributed by atoms with Gasteiger partial charge in [0.25, 0.3) is 5.91 Å². The van der Waals surface area contributed by atoms with Gasteiger partial charge in [0.1, 0.15) is 7.11 Å². The third kappa shape index (κ3) is 4.82. The minimum absolute atomic E-state index is 0.410. The Hall–Kier alpha value is -3.61. The van der Waals surface area contributed by atoms with Gasteiger partial charge in [0, 0.05) is 11.3 Å². The second kappa shape index (κ2) is 8.60. The Morgan fingerprint density at radius 2 is 1.62 bits per heavy atom. The van der Waals surface area contributed by atoms with E-state index in [-0.39, 0.29) is 0 Å². The van der Waals surface area contributed by atoms with Crippen LogP contribution in [0.4, 0.5) is 18.9 Å². The van der Waals surface area contributed by atoms with Gasteiger partial charge in [-0.05, 0) is 29.3 Å². The average molecular weight is 398 g/mol. The van der Waals surface area contributed by atoms with Crippen LogP contribution in [-0.4, -0.2) is 19.2 Å². The van der Waals surface area contributed by atoms with Crippen molar-refractivity contribution >= 4 is 17.8 Å². The summed E-state index contributed by atoms with van der Waals surface area (Å²) in [5.74, 6) is -0.825. The predicted octanol–water partition coefficient (Wildman–Crippen LogP) is 5.61. The molecule has 0 saturated carbocycles. The molecule has 0 saturated heterocycles. The minimum Gasteiger partial charge on any atom is -0.399 e. The third-order valence-electron chi connectivity index (χ3n) is 4.18. The van der Waals surface area contributed by atoms with Crippen LogP contribution in [0.1, 0.15) is 21.5 Å². The lowest BCUT2D eigenvalue weighted by Crippen LogP contribution is -2.18. The van der Waals surface area contributed by atoms with Crippen LogP contribution < -0.4 is 5.32 Å². The molecule has 0 bridgehead atoms. The molecule has 0 atom stereocenters. The van der Waals surface area contributed by atoms with Gasteiger partial charge in [-0.3, -0.25) is 4.79 Å². The zero-order chi connectivity index (χ0) is 20.9. The molecule has 4 nitrogen and oxygen atoms in total. The number of amides is 1. The van der Waals surface area contributed by atoms with Crippen molar-refractivity contribution in [1.82, 2.24) is 0 Å². The van der Waals surface area contributed by atoms with Crippen molar-refractivity contribution in [2.75, 3.05) is 12.4 Å². The van der Waals surface area contributed by atoms with E-state index in [1.54, 1.807) is 30.5 Å². The van der Waals surface area contributed by atoms with Gasteiger partial charge in [-0.1, -0.05) is 59.8 Å². The van der Waals surface area contributed by atoms with Crippen molar-refractivity contribution in [3.8, 4) is 11.1 Å². The van der Waals surface area contributed by atoms with Crippen molar-refractivity contribution in [2.24, 2.45) is 5.16 Å². The Morgan fingerprint density at radius 3 is 2.31 bits per heavy atom. The minimum atomic E-state index is -4.62. The number of hydrogen-bond donors (Lipinski definition) is 1. The maximum atomic E-state index is 13.2. The fraction of sp³-hybridized carbons (Fsp3) is 0.0909. The van der Waals surface area contributed by atoms with Crippen LogP contribution in [0.5, 0.6) is 0 Å². The smallest absolute Gasteiger partial charge is 0.399 e. The van der Waals surface area contributed by atoms with Gasteiger partial charge >= 0.3 is 6.18 Å².